The molecule has 0 fully saturated rings. The molecule has 4 heteroatoms. The number of amides is 2. The second-order valence-corrected chi connectivity index (χ2v) is 9.97. The molecule has 0 unspecified atom stereocenters. The lowest BCUT2D eigenvalue weighted by atomic mass is 9.94. The van der Waals surface area contributed by atoms with Crippen LogP contribution in [0.3, 0.4) is 0 Å². The number of likely N-dealkylation sites (N-methyl/N-ethyl adjacent to an activating group) is 2. The van der Waals surface area contributed by atoms with Crippen molar-refractivity contribution in [3.05, 3.63) is 130 Å². The number of carbonyl (C=O) groups excluding carboxylic acids is 2. The van der Waals surface area contributed by atoms with Crippen molar-refractivity contribution in [2.24, 2.45) is 0 Å². The molecule has 6 rings (SSSR count). The third-order valence-electron chi connectivity index (χ3n) is 7.61. The van der Waals surface area contributed by atoms with Crippen LogP contribution in [0.5, 0.6) is 0 Å². The average molecular weight is 497 g/mol. The van der Waals surface area contributed by atoms with E-state index in [2.05, 4.69) is 48.5 Å². The van der Waals surface area contributed by atoms with E-state index < -0.39 is 0 Å². The molecule has 0 aliphatic carbocycles. The fraction of sp³-hybridized carbons (Fsp3) is 0.118. The summed E-state index contributed by atoms with van der Waals surface area (Å²) in [5.74, 6) is -0.304. The number of hydrogen-bond acceptors (Lipinski definition) is 2. The van der Waals surface area contributed by atoms with Gasteiger partial charge in [-0.3, -0.25) is 9.59 Å². The summed E-state index contributed by atoms with van der Waals surface area (Å²) in [6.45, 7) is 4.07. The number of hydrogen-bond donors (Lipinski definition) is 0. The molecule has 0 atom stereocenters. The van der Waals surface area contributed by atoms with Gasteiger partial charge in [0.05, 0.1) is 22.5 Å². The molecule has 0 spiro atoms. The van der Waals surface area contributed by atoms with Crippen LogP contribution in [-0.4, -0.2) is 35.7 Å². The van der Waals surface area contributed by atoms with Gasteiger partial charge in [0.1, 0.15) is 0 Å². The number of benzene rings is 4. The van der Waals surface area contributed by atoms with Crippen molar-refractivity contribution in [1.29, 1.82) is 0 Å². The predicted molar refractivity (Wildman–Crippen MR) is 153 cm³/mol. The highest BCUT2D eigenvalue weighted by atomic mass is 16.2. The summed E-state index contributed by atoms with van der Waals surface area (Å²) in [6, 6.07) is 32.8. The van der Waals surface area contributed by atoms with Crippen molar-refractivity contribution in [2.45, 2.75) is 13.8 Å². The fourth-order valence-electron chi connectivity index (χ4n) is 5.64. The zero-order valence-corrected chi connectivity index (χ0v) is 21.9. The van der Waals surface area contributed by atoms with Crippen molar-refractivity contribution >= 4 is 23.2 Å². The highest BCUT2D eigenvalue weighted by Crippen LogP contribution is 2.46. The van der Waals surface area contributed by atoms with E-state index in [9.17, 15) is 9.59 Å². The maximum absolute atomic E-state index is 13.7. The highest BCUT2D eigenvalue weighted by Gasteiger charge is 2.47. The first kappa shape index (κ1) is 23.7. The van der Waals surface area contributed by atoms with Crippen LogP contribution in [0.15, 0.2) is 108 Å². The molecule has 4 aromatic rings. The number of carbonyl (C=O) groups is 2. The highest BCUT2D eigenvalue weighted by molar-refractivity contribution is 6.30. The Bertz CT molecular complexity index is 1550. The molecule has 0 bridgehead atoms. The fourth-order valence-corrected chi connectivity index (χ4v) is 5.64. The second-order valence-electron chi connectivity index (χ2n) is 9.97. The van der Waals surface area contributed by atoms with Crippen LogP contribution in [0.1, 0.15) is 22.3 Å². The van der Waals surface area contributed by atoms with E-state index in [0.29, 0.717) is 22.5 Å². The molecule has 38 heavy (non-hydrogen) atoms. The Labute approximate surface area is 223 Å². The zero-order valence-electron chi connectivity index (χ0n) is 21.9. The lowest BCUT2D eigenvalue weighted by molar-refractivity contribution is -0.123. The molecule has 186 valence electrons. The zero-order chi connectivity index (χ0) is 26.6. The lowest BCUT2D eigenvalue weighted by Gasteiger charge is -2.22. The third-order valence-corrected chi connectivity index (χ3v) is 7.61. The minimum absolute atomic E-state index is 0.152. The van der Waals surface area contributed by atoms with Gasteiger partial charge in [-0.1, -0.05) is 97.1 Å². The van der Waals surface area contributed by atoms with Crippen molar-refractivity contribution in [2.75, 3.05) is 14.1 Å². The summed E-state index contributed by atoms with van der Waals surface area (Å²) in [5.41, 5.74) is 10.6. The normalized spacial score (nSPS) is 15.2. The Morgan fingerprint density at radius 2 is 0.842 bits per heavy atom. The molecule has 0 saturated heterocycles. The van der Waals surface area contributed by atoms with E-state index in [1.807, 2.05) is 62.4 Å². The van der Waals surface area contributed by atoms with Crippen LogP contribution < -0.4 is 0 Å². The Kier molecular flexibility index (Phi) is 5.61. The van der Waals surface area contributed by atoms with Gasteiger partial charge in [0.25, 0.3) is 11.8 Å². The van der Waals surface area contributed by atoms with E-state index in [-0.39, 0.29) is 11.8 Å². The molecule has 0 radical (unpaired) electrons. The van der Waals surface area contributed by atoms with Crippen molar-refractivity contribution in [3.8, 4) is 22.3 Å². The molecule has 4 aromatic carbocycles. The van der Waals surface area contributed by atoms with Gasteiger partial charge in [-0.2, -0.15) is 0 Å². The Morgan fingerprint density at radius 1 is 0.474 bits per heavy atom. The van der Waals surface area contributed by atoms with Gasteiger partial charge < -0.3 is 9.80 Å². The number of aryl methyl sites for hydroxylation is 2. The van der Waals surface area contributed by atoms with Crippen LogP contribution >= 0.6 is 0 Å². The minimum Gasteiger partial charge on any atom is -0.310 e. The molecule has 2 aliphatic heterocycles. The molecule has 2 aliphatic rings. The number of rotatable bonds is 4. The van der Waals surface area contributed by atoms with Gasteiger partial charge in [0.2, 0.25) is 0 Å². The molecule has 0 N–H and O–H groups in total. The first-order valence-corrected chi connectivity index (χ1v) is 12.7. The van der Waals surface area contributed by atoms with Gasteiger partial charge in [-0.25, -0.2) is 0 Å². The Morgan fingerprint density at radius 3 is 1.18 bits per heavy atom. The standard InChI is InChI=1S/C34H28N2O2/c1-21-19-25(23-11-7-5-8-12-23)15-17-27(21)31-29-30(34(38)35(31)3)32(36(4)33(29)37)28-18-16-26(20-22(28)2)24-13-9-6-10-14-24/h5-20H,1-4H3. The second kappa shape index (κ2) is 9.00. The first-order valence-electron chi connectivity index (χ1n) is 12.7. The molecule has 2 heterocycles. The molecular formula is C34H28N2O2. The quantitative estimate of drug-likeness (QED) is 0.315. The molecule has 0 saturated carbocycles. The molecule has 4 nitrogen and oxygen atoms in total. The summed E-state index contributed by atoms with van der Waals surface area (Å²) in [6.07, 6.45) is 0. The van der Waals surface area contributed by atoms with Gasteiger partial charge in [-0.15, -0.1) is 0 Å². The van der Waals surface area contributed by atoms with Crippen LogP contribution in [0.4, 0.5) is 0 Å². The van der Waals surface area contributed by atoms with Gasteiger partial charge in [-0.05, 0) is 47.2 Å². The van der Waals surface area contributed by atoms with Gasteiger partial charge in [0, 0.05) is 25.2 Å². The van der Waals surface area contributed by atoms with Crippen molar-refractivity contribution < 1.29 is 9.59 Å². The Balaban J connectivity index is 1.49. The maximum Gasteiger partial charge on any atom is 0.261 e. The van der Waals surface area contributed by atoms with E-state index in [0.717, 1.165) is 44.5 Å². The van der Waals surface area contributed by atoms with E-state index in [1.165, 1.54) is 0 Å². The summed E-state index contributed by atoms with van der Waals surface area (Å²) < 4.78 is 0. The van der Waals surface area contributed by atoms with Crippen LogP contribution in [-0.2, 0) is 9.59 Å². The van der Waals surface area contributed by atoms with Gasteiger partial charge >= 0.3 is 0 Å². The molecule has 0 aromatic heterocycles. The number of nitrogens with zero attached hydrogens (tertiary/aromatic N) is 2. The summed E-state index contributed by atoms with van der Waals surface area (Å²) in [5, 5.41) is 0. The molecular weight excluding hydrogens is 468 g/mol. The summed E-state index contributed by atoms with van der Waals surface area (Å²) in [4.78, 5) is 30.6. The summed E-state index contributed by atoms with van der Waals surface area (Å²) in [7, 11) is 3.52. The predicted octanol–water partition coefficient (Wildman–Crippen LogP) is 6.70. The maximum atomic E-state index is 13.7. The number of fused-ring (bicyclic) bond motifs is 1. The van der Waals surface area contributed by atoms with Crippen LogP contribution in [0.2, 0.25) is 0 Å². The monoisotopic (exact) mass is 496 g/mol. The summed E-state index contributed by atoms with van der Waals surface area (Å²) >= 11 is 0. The average Bonchev–Trinajstić information content (AvgIpc) is 3.34. The van der Waals surface area contributed by atoms with Crippen molar-refractivity contribution in [1.82, 2.24) is 9.80 Å². The van der Waals surface area contributed by atoms with E-state index in [1.54, 1.807) is 23.9 Å². The van der Waals surface area contributed by atoms with E-state index >= 15 is 0 Å². The van der Waals surface area contributed by atoms with Gasteiger partial charge in [0.15, 0.2) is 0 Å². The van der Waals surface area contributed by atoms with Crippen molar-refractivity contribution in [3.63, 3.8) is 0 Å². The van der Waals surface area contributed by atoms with E-state index in [4.69, 9.17) is 0 Å². The SMILES string of the molecule is Cc1cc(-c2ccccc2)ccc1C1=C2C(=O)N(C)C(c3ccc(-c4ccccc4)cc3C)=C2C(=O)N1C. The smallest absolute Gasteiger partial charge is 0.261 e. The molecule has 2 amide bonds. The lowest BCUT2D eigenvalue weighted by Crippen LogP contribution is -2.25. The largest absolute Gasteiger partial charge is 0.310 e. The van der Waals surface area contributed by atoms with Crippen LogP contribution in [0.25, 0.3) is 33.6 Å². The van der Waals surface area contributed by atoms with Crippen LogP contribution in [0, 0.1) is 13.8 Å². The third kappa shape index (κ3) is 3.60. The first-order chi connectivity index (χ1) is 18.4. The Hall–Kier alpha value is -4.70. The minimum atomic E-state index is -0.152. The topological polar surface area (TPSA) is 40.6 Å².